The van der Waals surface area contributed by atoms with E-state index in [0.29, 0.717) is 16.8 Å². The third-order valence-corrected chi connectivity index (χ3v) is 5.53. The molecule has 0 spiro atoms. The second-order valence-electron chi connectivity index (χ2n) is 7.50. The van der Waals surface area contributed by atoms with Crippen molar-refractivity contribution >= 4 is 23.2 Å². The maximum absolute atomic E-state index is 14.7. The van der Waals surface area contributed by atoms with E-state index in [4.69, 9.17) is 22.1 Å². The highest BCUT2D eigenvalue weighted by atomic mass is 35.5. The van der Waals surface area contributed by atoms with Gasteiger partial charge >= 0.3 is 0 Å². The summed E-state index contributed by atoms with van der Waals surface area (Å²) in [5, 5.41) is 0.0538. The molecule has 0 fully saturated rings. The molecule has 0 unspecified atom stereocenters. The highest BCUT2D eigenvalue weighted by Crippen LogP contribution is 2.33. The normalized spacial score (nSPS) is 10.8. The van der Waals surface area contributed by atoms with Gasteiger partial charge in [0.05, 0.1) is 5.56 Å². The van der Waals surface area contributed by atoms with Crippen molar-refractivity contribution in [1.82, 2.24) is 9.55 Å². The molecule has 2 aromatic carbocycles. The summed E-state index contributed by atoms with van der Waals surface area (Å²) in [7, 11) is 0. The molecule has 4 aromatic rings. The molecule has 6 nitrogen and oxygen atoms in total. The molecule has 0 radical (unpaired) electrons. The predicted octanol–water partition coefficient (Wildman–Crippen LogP) is 5.27. The molecule has 2 N–H and O–H groups in total. The van der Waals surface area contributed by atoms with Gasteiger partial charge in [-0.05, 0) is 60.5 Å². The van der Waals surface area contributed by atoms with Gasteiger partial charge in [0.2, 0.25) is 0 Å². The molecule has 0 bridgehead atoms. The number of Topliss-reactive ketones (excluding diaryl/α,β-unsaturated/α-hetero) is 1. The molecule has 0 saturated heterocycles. The lowest BCUT2D eigenvalue weighted by Gasteiger charge is -2.12. The second kappa shape index (κ2) is 9.44. The van der Waals surface area contributed by atoms with Crippen LogP contribution in [0.4, 0.5) is 14.6 Å². The fourth-order valence-corrected chi connectivity index (χ4v) is 3.57. The van der Waals surface area contributed by atoms with Crippen molar-refractivity contribution in [3.63, 3.8) is 0 Å². The topological polar surface area (TPSA) is 87.2 Å². The second-order valence-corrected chi connectivity index (χ2v) is 7.88. The van der Waals surface area contributed by atoms with Crippen LogP contribution in [0.5, 0.6) is 11.5 Å². The number of nitrogens with zero attached hydrogens (tertiary/aromatic N) is 2. The van der Waals surface area contributed by atoms with Crippen LogP contribution in [-0.2, 0) is 6.42 Å². The fraction of sp³-hybridized carbons (Fsp3) is 0.0800. The summed E-state index contributed by atoms with van der Waals surface area (Å²) in [6.45, 7) is 1.64. The number of carbonyl (C=O) groups is 1. The number of hydrogen-bond acceptors (Lipinski definition) is 5. The van der Waals surface area contributed by atoms with Gasteiger partial charge in [0.1, 0.15) is 16.7 Å². The van der Waals surface area contributed by atoms with E-state index in [1.165, 1.54) is 59.4 Å². The van der Waals surface area contributed by atoms with E-state index in [2.05, 4.69) is 4.98 Å². The van der Waals surface area contributed by atoms with Crippen LogP contribution >= 0.6 is 11.6 Å². The van der Waals surface area contributed by atoms with Crippen molar-refractivity contribution in [2.24, 2.45) is 0 Å². The number of nitrogens with two attached hydrogens (primary N) is 1. The Morgan fingerprint density at radius 3 is 2.53 bits per heavy atom. The molecule has 0 aliphatic carbocycles. The summed E-state index contributed by atoms with van der Waals surface area (Å²) in [5.74, 6) is -1.56. The summed E-state index contributed by atoms with van der Waals surface area (Å²) < 4.78 is 34.7. The van der Waals surface area contributed by atoms with Crippen LogP contribution in [0.1, 0.15) is 21.5 Å². The summed E-state index contributed by atoms with van der Waals surface area (Å²) in [6, 6.07) is 12.4. The summed E-state index contributed by atoms with van der Waals surface area (Å²) in [4.78, 5) is 29.8. The van der Waals surface area contributed by atoms with Gasteiger partial charge in [-0.1, -0.05) is 17.7 Å². The number of ketones is 1. The number of anilines is 1. The zero-order chi connectivity index (χ0) is 24.4. The summed E-state index contributed by atoms with van der Waals surface area (Å²) >= 11 is 6.03. The minimum absolute atomic E-state index is 0.0217. The zero-order valence-corrected chi connectivity index (χ0v) is 18.6. The molecule has 9 heteroatoms. The zero-order valence-electron chi connectivity index (χ0n) is 17.9. The van der Waals surface area contributed by atoms with Crippen LogP contribution in [0.25, 0.3) is 5.69 Å². The number of rotatable bonds is 6. The largest absolute Gasteiger partial charge is 0.453 e. The molecule has 4 rings (SSSR count). The van der Waals surface area contributed by atoms with Crippen molar-refractivity contribution in [3.8, 4) is 17.2 Å². The Kier molecular flexibility index (Phi) is 6.43. The average molecular weight is 482 g/mol. The Morgan fingerprint density at radius 2 is 1.82 bits per heavy atom. The summed E-state index contributed by atoms with van der Waals surface area (Å²) in [6.07, 6.45) is 2.69. The molecule has 0 atom stereocenters. The number of aryl methyl sites for hydroxylation is 1. The Bertz CT molecular complexity index is 1450. The molecule has 0 saturated carbocycles. The van der Waals surface area contributed by atoms with E-state index in [-0.39, 0.29) is 34.3 Å². The van der Waals surface area contributed by atoms with Gasteiger partial charge in [-0.2, -0.15) is 0 Å². The van der Waals surface area contributed by atoms with Crippen molar-refractivity contribution in [1.29, 1.82) is 0 Å². The van der Waals surface area contributed by atoms with Gasteiger partial charge < -0.3 is 10.5 Å². The monoisotopic (exact) mass is 481 g/mol. The molecule has 0 aliphatic heterocycles. The average Bonchev–Trinajstić information content (AvgIpc) is 2.79. The molecular weight excluding hydrogens is 464 g/mol. The highest BCUT2D eigenvalue weighted by Gasteiger charge is 2.18. The number of nitrogen functional groups attached to an aromatic ring is 1. The number of pyridine rings is 2. The number of halogens is 3. The Hall–Kier alpha value is -4.04. The van der Waals surface area contributed by atoms with Crippen LogP contribution in [-0.4, -0.2) is 15.3 Å². The molecule has 2 heterocycles. The standard InChI is InChI=1S/C25H18ClF2N3O3/c1-14-9-11-31(17-5-3-16(27)4-6-17)25(33)22(14)19(32)13-15-2-7-20(18(28)12-15)34-21-8-10-30-24(29)23(21)26/h2-12H,13H2,1H3,(H2,29,30). The van der Waals surface area contributed by atoms with Gasteiger partial charge in [0, 0.05) is 30.6 Å². The maximum Gasteiger partial charge on any atom is 0.266 e. The third kappa shape index (κ3) is 4.67. The van der Waals surface area contributed by atoms with Crippen LogP contribution in [0.3, 0.4) is 0 Å². The van der Waals surface area contributed by atoms with Crippen molar-refractivity contribution in [2.45, 2.75) is 13.3 Å². The van der Waals surface area contributed by atoms with Gasteiger partial charge in [-0.25, -0.2) is 13.8 Å². The van der Waals surface area contributed by atoms with Crippen molar-refractivity contribution in [3.05, 3.63) is 111 Å². The van der Waals surface area contributed by atoms with E-state index in [1.54, 1.807) is 13.0 Å². The quantitative estimate of drug-likeness (QED) is 0.379. The molecule has 2 aromatic heterocycles. The van der Waals surface area contributed by atoms with Gasteiger partial charge in [-0.3, -0.25) is 14.2 Å². The Labute approximate surface area is 198 Å². The first-order valence-corrected chi connectivity index (χ1v) is 10.5. The first-order valence-electron chi connectivity index (χ1n) is 10.1. The van der Waals surface area contributed by atoms with Crippen LogP contribution < -0.4 is 16.0 Å². The number of hydrogen-bond donors (Lipinski definition) is 1. The molecule has 0 amide bonds. The number of ether oxygens (including phenoxy) is 1. The van der Waals surface area contributed by atoms with E-state index in [1.807, 2.05) is 0 Å². The number of aromatic nitrogens is 2. The lowest BCUT2D eigenvalue weighted by Crippen LogP contribution is -2.27. The van der Waals surface area contributed by atoms with E-state index < -0.39 is 23.0 Å². The van der Waals surface area contributed by atoms with Gasteiger partial charge in [0.25, 0.3) is 5.56 Å². The molecule has 34 heavy (non-hydrogen) atoms. The van der Waals surface area contributed by atoms with E-state index >= 15 is 0 Å². The lowest BCUT2D eigenvalue weighted by molar-refractivity contribution is 0.0990. The number of carbonyl (C=O) groups excluding carboxylic acids is 1. The smallest absolute Gasteiger partial charge is 0.266 e. The summed E-state index contributed by atoms with van der Waals surface area (Å²) in [5.41, 5.74) is 6.32. The molecule has 172 valence electrons. The Morgan fingerprint density at radius 1 is 1.09 bits per heavy atom. The van der Waals surface area contributed by atoms with Crippen LogP contribution in [0.15, 0.2) is 71.8 Å². The van der Waals surface area contributed by atoms with Crippen LogP contribution in [0.2, 0.25) is 5.02 Å². The lowest BCUT2D eigenvalue weighted by atomic mass is 10.0. The minimum Gasteiger partial charge on any atom is -0.453 e. The molecule has 0 aliphatic rings. The van der Waals surface area contributed by atoms with Crippen molar-refractivity contribution in [2.75, 3.05) is 5.73 Å². The molecular formula is C25H18ClF2N3O3. The maximum atomic E-state index is 14.7. The minimum atomic E-state index is -0.717. The fourth-order valence-electron chi connectivity index (χ4n) is 3.42. The third-order valence-electron chi connectivity index (χ3n) is 5.15. The van der Waals surface area contributed by atoms with E-state index in [0.717, 1.165) is 6.07 Å². The van der Waals surface area contributed by atoms with Crippen molar-refractivity contribution < 1.29 is 18.3 Å². The van der Waals surface area contributed by atoms with E-state index in [9.17, 15) is 18.4 Å². The first kappa shape index (κ1) is 23.1. The first-order chi connectivity index (χ1) is 16.2. The van der Waals surface area contributed by atoms with Gasteiger partial charge in [0.15, 0.2) is 23.1 Å². The SMILES string of the molecule is Cc1ccn(-c2ccc(F)cc2)c(=O)c1C(=O)Cc1ccc(Oc2ccnc(N)c2Cl)c(F)c1. The van der Waals surface area contributed by atoms with Crippen LogP contribution in [0, 0.1) is 18.6 Å². The Balaban J connectivity index is 1.59. The number of benzene rings is 2. The predicted molar refractivity (Wildman–Crippen MR) is 125 cm³/mol. The van der Waals surface area contributed by atoms with Gasteiger partial charge in [-0.15, -0.1) is 0 Å². The highest BCUT2D eigenvalue weighted by molar-refractivity contribution is 6.34.